The Bertz CT molecular complexity index is 703. The van der Waals surface area contributed by atoms with Gasteiger partial charge in [0.25, 0.3) is 0 Å². The summed E-state index contributed by atoms with van der Waals surface area (Å²) in [5.41, 5.74) is -1.77. The van der Waals surface area contributed by atoms with Crippen molar-refractivity contribution < 1.29 is 31.9 Å². The molecule has 1 aliphatic carbocycles. The van der Waals surface area contributed by atoms with Crippen molar-refractivity contribution in [3.8, 4) is 0 Å². The lowest BCUT2D eigenvalue weighted by Gasteiger charge is -2.11. The Balaban J connectivity index is 2.50. The summed E-state index contributed by atoms with van der Waals surface area (Å²) in [4.78, 5) is 24.3. The van der Waals surface area contributed by atoms with Crippen molar-refractivity contribution >= 4 is 27.7 Å². The molecule has 1 fully saturated rings. The zero-order valence-corrected chi connectivity index (χ0v) is 14.0. The molecule has 4 nitrogen and oxygen atoms in total. The highest BCUT2D eigenvalue weighted by Gasteiger charge is 2.32. The molecule has 0 unspecified atom stereocenters. The van der Waals surface area contributed by atoms with E-state index in [0.717, 1.165) is 19.0 Å². The Morgan fingerprint density at radius 2 is 1.75 bits per heavy atom. The van der Waals surface area contributed by atoms with Crippen LogP contribution in [-0.2, 0) is 9.53 Å². The van der Waals surface area contributed by atoms with Crippen LogP contribution in [0, 0.1) is 23.3 Å². The fraction of sp³-hybridized carbons (Fsp3) is 0.333. The summed E-state index contributed by atoms with van der Waals surface area (Å²) in [6, 6.07) is 0.0530. The molecule has 1 N–H and O–H groups in total. The minimum absolute atomic E-state index is 0.0530. The Morgan fingerprint density at radius 1 is 1.17 bits per heavy atom. The summed E-state index contributed by atoms with van der Waals surface area (Å²) < 4.78 is 57.9. The van der Waals surface area contributed by atoms with Gasteiger partial charge in [-0.3, -0.25) is 4.79 Å². The maximum atomic E-state index is 13.9. The van der Waals surface area contributed by atoms with Crippen molar-refractivity contribution in [3.05, 3.63) is 45.1 Å². The minimum atomic E-state index is -2.14. The van der Waals surface area contributed by atoms with Crippen LogP contribution in [-0.4, -0.2) is 24.4 Å². The van der Waals surface area contributed by atoms with Gasteiger partial charge in [-0.2, -0.15) is 0 Å². The molecular weight excluding hydrogens is 398 g/mol. The summed E-state index contributed by atoms with van der Waals surface area (Å²) in [6.07, 6.45) is 2.65. The third-order valence-corrected chi connectivity index (χ3v) is 3.96. The number of esters is 1. The molecule has 1 aliphatic rings. The molecule has 0 atom stereocenters. The first-order chi connectivity index (χ1) is 11.3. The van der Waals surface area contributed by atoms with Gasteiger partial charge >= 0.3 is 5.97 Å². The molecule has 9 heteroatoms. The quantitative estimate of drug-likeness (QED) is 0.114. The summed E-state index contributed by atoms with van der Waals surface area (Å²) in [5, 5.41) is 2.74. The Hall–Kier alpha value is -1.90. The van der Waals surface area contributed by atoms with Crippen LogP contribution >= 0.6 is 15.9 Å². The average Bonchev–Trinajstić information content (AvgIpc) is 3.36. The first-order valence-electron chi connectivity index (χ1n) is 6.99. The maximum Gasteiger partial charge on any atom is 0.343 e. The van der Waals surface area contributed by atoms with Crippen LogP contribution in [0.15, 0.2) is 16.2 Å². The maximum absolute atomic E-state index is 13.9. The molecule has 0 amide bonds. The molecule has 0 heterocycles. The van der Waals surface area contributed by atoms with Crippen molar-refractivity contribution in [1.82, 2.24) is 5.32 Å². The van der Waals surface area contributed by atoms with Crippen LogP contribution in [0.2, 0.25) is 0 Å². The number of carbonyl (C=O) groups excluding carboxylic acids is 2. The lowest BCUT2D eigenvalue weighted by Crippen LogP contribution is -2.22. The van der Waals surface area contributed by atoms with Gasteiger partial charge in [0.1, 0.15) is 5.57 Å². The molecular formula is C15H12BrF4NO3. The van der Waals surface area contributed by atoms with Crippen LogP contribution in [0.25, 0.3) is 0 Å². The van der Waals surface area contributed by atoms with E-state index in [1.165, 1.54) is 6.92 Å². The summed E-state index contributed by atoms with van der Waals surface area (Å²) in [7, 11) is 0. The summed E-state index contributed by atoms with van der Waals surface area (Å²) >= 11 is 2.52. The Labute approximate surface area is 143 Å². The van der Waals surface area contributed by atoms with E-state index in [1.54, 1.807) is 0 Å². The molecule has 0 saturated heterocycles. The van der Waals surface area contributed by atoms with E-state index >= 15 is 0 Å². The predicted octanol–water partition coefficient (Wildman–Crippen LogP) is 3.39. The first kappa shape index (κ1) is 18.4. The zero-order chi connectivity index (χ0) is 18.0. The summed E-state index contributed by atoms with van der Waals surface area (Å²) in [5.74, 6) is -10.3. The van der Waals surface area contributed by atoms with Crippen molar-refractivity contribution in [2.75, 3.05) is 6.61 Å². The van der Waals surface area contributed by atoms with E-state index < -0.39 is 50.6 Å². The van der Waals surface area contributed by atoms with Crippen LogP contribution in [0.4, 0.5) is 17.6 Å². The number of nitrogens with one attached hydrogen (secondary N) is 1. The highest BCUT2D eigenvalue weighted by molar-refractivity contribution is 9.10. The van der Waals surface area contributed by atoms with Gasteiger partial charge in [-0.05, 0) is 35.7 Å². The second kappa shape index (κ2) is 7.33. The highest BCUT2D eigenvalue weighted by Crippen LogP contribution is 2.30. The van der Waals surface area contributed by atoms with Crippen molar-refractivity contribution in [1.29, 1.82) is 0 Å². The SMILES string of the molecule is CCOC(=O)C(=CNC1CC1)C(=O)c1c(F)c(F)c(F)c(F)c1Br. The number of rotatable bonds is 6. The molecule has 0 spiro atoms. The third-order valence-electron chi connectivity index (χ3n) is 3.22. The van der Waals surface area contributed by atoms with Crippen molar-refractivity contribution in [3.63, 3.8) is 0 Å². The Kier molecular flexibility index (Phi) is 5.63. The molecule has 0 radical (unpaired) electrons. The van der Waals surface area contributed by atoms with Gasteiger partial charge in [0, 0.05) is 12.2 Å². The zero-order valence-electron chi connectivity index (χ0n) is 12.4. The normalized spacial score (nSPS) is 14.5. The Morgan fingerprint density at radius 3 is 2.29 bits per heavy atom. The summed E-state index contributed by atoms with van der Waals surface area (Å²) in [6.45, 7) is 1.42. The molecule has 1 saturated carbocycles. The number of hydrogen-bond acceptors (Lipinski definition) is 4. The fourth-order valence-corrected chi connectivity index (χ4v) is 2.34. The lowest BCUT2D eigenvalue weighted by atomic mass is 10.0. The molecule has 130 valence electrons. The van der Waals surface area contributed by atoms with Crippen LogP contribution in [0.3, 0.4) is 0 Å². The van der Waals surface area contributed by atoms with Gasteiger partial charge in [0.05, 0.1) is 16.6 Å². The molecule has 1 aromatic rings. The minimum Gasteiger partial charge on any atom is -0.462 e. The molecule has 0 aromatic heterocycles. The van der Waals surface area contributed by atoms with Gasteiger partial charge in [-0.25, -0.2) is 22.4 Å². The second-order valence-corrected chi connectivity index (χ2v) is 5.79. The smallest absolute Gasteiger partial charge is 0.343 e. The van der Waals surface area contributed by atoms with Crippen molar-refractivity contribution in [2.24, 2.45) is 0 Å². The van der Waals surface area contributed by atoms with E-state index in [4.69, 9.17) is 4.74 Å². The van der Waals surface area contributed by atoms with E-state index in [-0.39, 0.29) is 12.6 Å². The number of ketones is 1. The van der Waals surface area contributed by atoms with Crippen LogP contribution in [0.5, 0.6) is 0 Å². The van der Waals surface area contributed by atoms with Gasteiger partial charge in [0.15, 0.2) is 23.3 Å². The van der Waals surface area contributed by atoms with Crippen LogP contribution in [0.1, 0.15) is 30.1 Å². The van der Waals surface area contributed by atoms with Gasteiger partial charge in [0.2, 0.25) is 5.78 Å². The number of Topliss-reactive ketones (excluding diaryl/α,β-unsaturated/α-hetero) is 1. The first-order valence-corrected chi connectivity index (χ1v) is 7.78. The number of carbonyl (C=O) groups is 2. The molecule has 1 aromatic carbocycles. The van der Waals surface area contributed by atoms with Gasteiger partial charge in [-0.15, -0.1) is 0 Å². The molecule has 0 bridgehead atoms. The van der Waals surface area contributed by atoms with Gasteiger partial charge in [-0.1, -0.05) is 0 Å². The van der Waals surface area contributed by atoms with Gasteiger partial charge < -0.3 is 10.1 Å². The van der Waals surface area contributed by atoms with E-state index in [1.807, 2.05) is 0 Å². The third kappa shape index (κ3) is 3.61. The molecule has 2 rings (SSSR count). The molecule has 24 heavy (non-hydrogen) atoms. The lowest BCUT2D eigenvalue weighted by molar-refractivity contribution is -0.138. The number of ether oxygens (including phenoxy) is 1. The number of halogens is 5. The van der Waals surface area contributed by atoms with E-state index in [0.29, 0.717) is 0 Å². The van der Waals surface area contributed by atoms with Crippen molar-refractivity contribution in [2.45, 2.75) is 25.8 Å². The van der Waals surface area contributed by atoms with E-state index in [2.05, 4.69) is 21.2 Å². The average molecular weight is 410 g/mol. The number of hydrogen-bond donors (Lipinski definition) is 1. The topological polar surface area (TPSA) is 55.4 Å². The number of benzene rings is 1. The fourth-order valence-electron chi connectivity index (χ4n) is 1.82. The predicted molar refractivity (Wildman–Crippen MR) is 79.2 cm³/mol. The van der Waals surface area contributed by atoms with E-state index in [9.17, 15) is 27.2 Å². The highest BCUT2D eigenvalue weighted by atomic mass is 79.9. The largest absolute Gasteiger partial charge is 0.462 e. The standard InChI is InChI=1S/C15H12BrF4NO3/c1-2-24-15(23)7(5-21-6-3-4-6)14(22)8-9(16)11(18)13(20)12(19)10(8)17/h5-6,21H,2-4H2,1H3. The second-order valence-electron chi connectivity index (χ2n) is 4.99. The monoisotopic (exact) mass is 409 g/mol. The molecule has 0 aliphatic heterocycles. The van der Waals surface area contributed by atoms with Crippen LogP contribution < -0.4 is 5.32 Å².